The SMILES string of the molecule is CCN(CC#N)S(=O)(=O)c1cccc(F)c1[N+](=O)[O-]. The monoisotopic (exact) mass is 287 g/mol. The van der Waals surface area contributed by atoms with Crippen LogP contribution < -0.4 is 0 Å². The van der Waals surface area contributed by atoms with Crippen molar-refractivity contribution in [2.24, 2.45) is 0 Å². The Balaban J connectivity index is 3.50. The Bertz CT molecular complexity index is 639. The van der Waals surface area contributed by atoms with E-state index in [1.807, 2.05) is 0 Å². The van der Waals surface area contributed by atoms with E-state index in [-0.39, 0.29) is 6.54 Å². The average Bonchev–Trinajstić information content (AvgIpc) is 2.34. The molecule has 0 N–H and O–H groups in total. The molecule has 0 aliphatic carbocycles. The molecule has 1 rings (SSSR count). The molecule has 1 aromatic rings. The molecule has 102 valence electrons. The molecule has 0 atom stereocenters. The normalized spacial score (nSPS) is 11.3. The molecule has 0 amide bonds. The second-order valence-corrected chi connectivity index (χ2v) is 5.34. The first-order chi connectivity index (χ1) is 8.86. The molecule has 0 spiro atoms. The van der Waals surface area contributed by atoms with Gasteiger partial charge in [-0.05, 0) is 12.1 Å². The summed E-state index contributed by atoms with van der Waals surface area (Å²) in [4.78, 5) is 8.93. The van der Waals surface area contributed by atoms with E-state index in [2.05, 4.69) is 0 Å². The largest absolute Gasteiger partial charge is 0.324 e. The van der Waals surface area contributed by atoms with E-state index in [1.165, 1.54) is 6.92 Å². The van der Waals surface area contributed by atoms with Gasteiger partial charge in [0.2, 0.25) is 5.82 Å². The van der Waals surface area contributed by atoms with Crippen LogP contribution in [0.15, 0.2) is 23.1 Å². The fourth-order valence-corrected chi connectivity index (χ4v) is 2.98. The van der Waals surface area contributed by atoms with Crippen LogP contribution in [-0.4, -0.2) is 30.7 Å². The zero-order chi connectivity index (χ0) is 14.6. The van der Waals surface area contributed by atoms with E-state index in [0.29, 0.717) is 0 Å². The van der Waals surface area contributed by atoms with E-state index in [4.69, 9.17) is 5.26 Å². The maximum atomic E-state index is 13.4. The molecule has 19 heavy (non-hydrogen) atoms. The average molecular weight is 287 g/mol. The molecule has 0 aliphatic heterocycles. The van der Waals surface area contributed by atoms with Crippen molar-refractivity contribution < 1.29 is 17.7 Å². The van der Waals surface area contributed by atoms with Crippen LogP contribution in [0.4, 0.5) is 10.1 Å². The smallest absolute Gasteiger partial charge is 0.258 e. The van der Waals surface area contributed by atoms with Crippen molar-refractivity contribution in [3.8, 4) is 6.07 Å². The lowest BCUT2D eigenvalue weighted by atomic mass is 10.3. The van der Waals surface area contributed by atoms with E-state index < -0.39 is 37.9 Å². The summed E-state index contributed by atoms with van der Waals surface area (Å²) in [6.07, 6.45) is 0. The number of hydrogen-bond acceptors (Lipinski definition) is 5. The lowest BCUT2D eigenvalue weighted by Crippen LogP contribution is -2.31. The quantitative estimate of drug-likeness (QED) is 0.460. The molecule has 0 aromatic heterocycles. The Morgan fingerprint density at radius 1 is 1.53 bits per heavy atom. The van der Waals surface area contributed by atoms with Gasteiger partial charge in [-0.2, -0.15) is 14.0 Å². The Morgan fingerprint density at radius 3 is 2.63 bits per heavy atom. The van der Waals surface area contributed by atoms with Crippen LogP contribution >= 0.6 is 0 Å². The van der Waals surface area contributed by atoms with Gasteiger partial charge in [0.15, 0.2) is 4.90 Å². The maximum absolute atomic E-state index is 13.4. The van der Waals surface area contributed by atoms with Gasteiger partial charge in [-0.3, -0.25) is 10.1 Å². The van der Waals surface area contributed by atoms with Crippen LogP contribution in [0.3, 0.4) is 0 Å². The molecule has 0 saturated carbocycles. The third-order valence-electron chi connectivity index (χ3n) is 2.35. The molecule has 1 aromatic carbocycles. The van der Waals surface area contributed by atoms with Crippen LogP contribution in [0.2, 0.25) is 0 Å². The number of sulfonamides is 1. The minimum Gasteiger partial charge on any atom is -0.258 e. The topological polar surface area (TPSA) is 104 Å². The highest BCUT2D eigenvalue weighted by molar-refractivity contribution is 7.89. The summed E-state index contributed by atoms with van der Waals surface area (Å²) in [6.45, 7) is 0.954. The maximum Gasteiger partial charge on any atom is 0.324 e. The number of benzene rings is 1. The van der Waals surface area contributed by atoms with Crippen molar-refractivity contribution in [1.29, 1.82) is 5.26 Å². The molecular formula is C10H10FN3O4S. The van der Waals surface area contributed by atoms with Gasteiger partial charge >= 0.3 is 5.69 Å². The fraction of sp³-hybridized carbons (Fsp3) is 0.300. The number of nitro benzene ring substituents is 1. The van der Waals surface area contributed by atoms with E-state index in [1.54, 1.807) is 6.07 Å². The summed E-state index contributed by atoms with van der Waals surface area (Å²) < 4.78 is 38.4. The van der Waals surface area contributed by atoms with Gasteiger partial charge in [-0.25, -0.2) is 8.42 Å². The number of nitriles is 1. The van der Waals surface area contributed by atoms with Crippen molar-refractivity contribution in [3.63, 3.8) is 0 Å². The Hall–Kier alpha value is -2.05. The highest BCUT2D eigenvalue weighted by Gasteiger charge is 2.33. The number of hydrogen-bond donors (Lipinski definition) is 0. The lowest BCUT2D eigenvalue weighted by Gasteiger charge is -2.16. The summed E-state index contributed by atoms with van der Waals surface area (Å²) in [5, 5.41) is 19.3. The molecule has 0 unspecified atom stereocenters. The van der Waals surface area contributed by atoms with Crippen LogP contribution in [-0.2, 0) is 10.0 Å². The summed E-state index contributed by atoms with van der Waals surface area (Å²) >= 11 is 0. The molecule has 9 heteroatoms. The summed E-state index contributed by atoms with van der Waals surface area (Å²) in [7, 11) is -4.28. The predicted molar refractivity (Wildman–Crippen MR) is 63.1 cm³/mol. The molecule has 7 nitrogen and oxygen atoms in total. The molecule has 0 bridgehead atoms. The van der Waals surface area contributed by atoms with Crippen LogP contribution in [0.1, 0.15) is 6.92 Å². The van der Waals surface area contributed by atoms with Gasteiger partial charge in [0, 0.05) is 6.54 Å². The Kier molecular flexibility index (Phi) is 4.52. The number of halogens is 1. The van der Waals surface area contributed by atoms with Crippen LogP contribution in [0, 0.1) is 27.3 Å². The van der Waals surface area contributed by atoms with E-state index in [9.17, 15) is 22.9 Å². The van der Waals surface area contributed by atoms with Gasteiger partial charge in [-0.15, -0.1) is 0 Å². The first kappa shape index (κ1) is 15.0. The second kappa shape index (κ2) is 5.73. The number of nitrogens with zero attached hydrogens (tertiary/aromatic N) is 3. The molecular weight excluding hydrogens is 277 g/mol. The minimum atomic E-state index is -4.28. The third kappa shape index (κ3) is 2.86. The number of para-hydroxylation sites is 1. The predicted octanol–water partition coefficient (Wildman–Crippen LogP) is 1.27. The van der Waals surface area contributed by atoms with Gasteiger partial charge < -0.3 is 0 Å². The van der Waals surface area contributed by atoms with Crippen LogP contribution in [0.5, 0.6) is 0 Å². The Labute approximate surface area is 109 Å². The number of nitro groups is 1. The van der Waals surface area contributed by atoms with E-state index in [0.717, 1.165) is 22.5 Å². The molecule has 0 fully saturated rings. The highest BCUT2D eigenvalue weighted by atomic mass is 32.2. The van der Waals surface area contributed by atoms with Gasteiger partial charge in [0.25, 0.3) is 10.0 Å². The summed E-state index contributed by atoms with van der Waals surface area (Å²) in [6, 6.07) is 4.45. The molecule has 0 saturated heterocycles. The van der Waals surface area contributed by atoms with Crippen molar-refractivity contribution in [1.82, 2.24) is 4.31 Å². The lowest BCUT2D eigenvalue weighted by molar-refractivity contribution is -0.390. The first-order valence-electron chi connectivity index (χ1n) is 5.16. The number of rotatable bonds is 5. The Morgan fingerprint density at radius 2 is 2.16 bits per heavy atom. The third-order valence-corrected chi connectivity index (χ3v) is 4.30. The second-order valence-electron chi connectivity index (χ2n) is 3.43. The van der Waals surface area contributed by atoms with Crippen molar-refractivity contribution >= 4 is 15.7 Å². The van der Waals surface area contributed by atoms with Gasteiger partial charge in [0.05, 0.1) is 11.0 Å². The highest BCUT2D eigenvalue weighted by Crippen LogP contribution is 2.28. The van der Waals surface area contributed by atoms with Crippen molar-refractivity contribution in [2.45, 2.75) is 11.8 Å². The zero-order valence-electron chi connectivity index (χ0n) is 9.91. The summed E-state index contributed by atoms with van der Waals surface area (Å²) in [5.41, 5.74) is -1.11. The fourth-order valence-electron chi connectivity index (χ4n) is 1.47. The zero-order valence-corrected chi connectivity index (χ0v) is 10.7. The molecule has 0 radical (unpaired) electrons. The standard InChI is InChI=1S/C10H10FN3O4S/c1-2-13(7-6-12)19(17,18)9-5-3-4-8(11)10(9)14(15)16/h3-5H,2,7H2,1H3. The minimum absolute atomic E-state index is 0.0520. The molecule has 0 heterocycles. The van der Waals surface area contributed by atoms with Crippen molar-refractivity contribution in [2.75, 3.05) is 13.1 Å². The van der Waals surface area contributed by atoms with Crippen LogP contribution in [0.25, 0.3) is 0 Å². The van der Waals surface area contributed by atoms with Crippen molar-refractivity contribution in [3.05, 3.63) is 34.1 Å². The van der Waals surface area contributed by atoms with Gasteiger partial charge in [-0.1, -0.05) is 13.0 Å². The first-order valence-corrected chi connectivity index (χ1v) is 6.60. The van der Waals surface area contributed by atoms with Gasteiger partial charge in [0.1, 0.15) is 6.54 Å². The van der Waals surface area contributed by atoms with E-state index >= 15 is 0 Å². The summed E-state index contributed by atoms with van der Waals surface area (Å²) in [5.74, 6) is -1.24. The molecule has 0 aliphatic rings.